The molecule has 0 bridgehead atoms. The minimum Gasteiger partial charge on any atom is -0.378 e. The average Bonchev–Trinajstić information content (AvgIpc) is 3.10. The number of thiophene rings is 1. The van der Waals surface area contributed by atoms with Gasteiger partial charge >= 0.3 is 0 Å². The number of ether oxygens (including phenoxy) is 2. The molecule has 3 heterocycles. The quantitative estimate of drug-likeness (QED) is 0.832. The lowest BCUT2D eigenvalue weighted by atomic mass is 10.3. The first-order valence-electron chi connectivity index (χ1n) is 7.53. The van der Waals surface area contributed by atoms with Crippen molar-refractivity contribution in [1.29, 1.82) is 0 Å². The summed E-state index contributed by atoms with van der Waals surface area (Å²) in [6.45, 7) is 3.65. The first kappa shape index (κ1) is 16.0. The predicted octanol–water partition coefficient (Wildman–Crippen LogP) is 1.76. The second kappa shape index (κ2) is 7.58. The highest BCUT2D eigenvalue weighted by molar-refractivity contribution is 7.10. The zero-order valence-corrected chi connectivity index (χ0v) is 13.9. The van der Waals surface area contributed by atoms with Gasteiger partial charge in [0.25, 0.3) is 0 Å². The molecule has 1 aliphatic heterocycles. The molecule has 1 aliphatic rings. The van der Waals surface area contributed by atoms with E-state index in [0.717, 1.165) is 18.9 Å². The van der Waals surface area contributed by atoms with Crippen LogP contribution in [0.3, 0.4) is 0 Å². The van der Waals surface area contributed by atoms with E-state index >= 15 is 0 Å². The third kappa shape index (κ3) is 4.10. The third-order valence-corrected chi connectivity index (χ3v) is 4.64. The molecule has 0 radical (unpaired) electrons. The summed E-state index contributed by atoms with van der Waals surface area (Å²) in [4.78, 5) is 11.9. The summed E-state index contributed by atoms with van der Waals surface area (Å²) >= 11 is 1.68. The van der Waals surface area contributed by atoms with Crippen molar-refractivity contribution in [2.75, 3.05) is 55.9 Å². The zero-order chi connectivity index (χ0) is 16.1. The second-order valence-electron chi connectivity index (χ2n) is 5.19. The Labute approximate surface area is 139 Å². The molecular formula is C15H21N5O2S. The minimum absolute atomic E-state index is 0.0157. The molecule has 8 heteroatoms. The maximum Gasteiger partial charge on any atom is 0.223 e. The number of nitrogen functional groups attached to an aromatic ring is 1. The van der Waals surface area contributed by atoms with Crippen molar-refractivity contribution in [2.24, 2.45) is 0 Å². The monoisotopic (exact) mass is 335 g/mol. The fourth-order valence-corrected chi connectivity index (χ4v) is 3.27. The lowest BCUT2D eigenvalue weighted by molar-refractivity contribution is 0.117. The van der Waals surface area contributed by atoms with Gasteiger partial charge in [-0.3, -0.25) is 0 Å². The van der Waals surface area contributed by atoms with Gasteiger partial charge in [-0.2, -0.15) is 9.97 Å². The van der Waals surface area contributed by atoms with Crippen LogP contribution in [0.15, 0.2) is 23.6 Å². The molecule has 0 unspecified atom stereocenters. The number of methoxy groups -OCH3 is 1. The molecule has 2 aromatic rings. The number of nitrogens with two attached hydrogens (primary N) is 1. The van der Waals surface area contributed by atoms with Crippen molar-refractivity contribution in [3.63, 3.8) is 0 Å². The lowest BCUT2D eigenvalue weighted by Gasteiger charge is -2.28. The van der Waals surface area contributed by atoms with E-state index in [1.54, 1.807) is 18.4 Å². The number of anilines is 3. The highest BCUT2D eigenvalue weighted by Crippen LogP contribution is 2.23. The molecule has 1 saturated heterocycles. The van der Waals surface area contributed by atoms with E-state index in [4.69, 9.17) is 15.2 Å². The SMILES string of the molecule is CO[C@H](CNc1cc(N2CCOCC2)nc(N)n1)c1cccs1. The van der Waals surface area contributed by atoms with Crippen LogP contribution in [-0.4, -0.2) is 49.9 Å². The van der Waals surface area contributed by atoms with Crippen molar-refractivity contribution >= 4 is 28.9 Å². The van der Waals surface area contributed by atoms with Crippen LogP contribution >= 0.6 is 11.3 Å². The summed E-state index contributed by atoms with van der Waals surface area (Å²) in [5.41, 5.74) is 5.85. The van der Waals surface area contributed by atoms with Gasteiger partial charge in [-0.15, -0.1) is 11.3 Å². The Morgan fingerprint density at radius 2 is 2.26 bits per heavy atom. The summed E-state index contributed by atoms with van der Waals surface area (Å²) in [5, 5.41) is 5.34. The number of hydrogen-bond acceptors (Lipinski definition) is 8. The Hall–Kier alpha value is -1.90. The molecule has 1 fully saturated rings. The van der Waals surface area contributed by atoms with E-state index in [1.807, 2.05) is 17.5 Å². The molecule has 0 amide bonds. The zero-order valence-electron chi connectivity index (χ0n) is 13.1. The maximum atomic E-state index is 5.85. The van der Waals surface area contributed by atoms with Crippen molar-refractivity contribution in [3.05, 3.63) is 28.5 Å². The Kier molecular flexibility index (Phi) is 5.27. The second-order valence-corrected chi connectivity index (χ2v) is 6.17. The molecule has 124 valence electrons. The van der Waals surface area contributed by atoms with Crippen molar-refractivity contribution in [1.82, 2.24) is 9.97 Å². The largest absolute Gasteiger partial charge is 0.378 e. The van der Waals surface area contributed by atoms with Crippen LogP contribution in [0, 0.1) is 0 Å². The van der Waals surface area contributed by atoms with Crippen LogP contribution < -0.4 is 16.0 Å². The van der Waals surface area contributed by atoms with E-state index in [-0.39, 0.29) is 12.1 Å². The van der Waals surface area contributed by atoms with Gasteiger partial charge in [0.1, 0.15) is 17.7 Å². The van der Waals surface area contributed by atoms with Gasteiger partial charge in [0.05, 0.1) is 13.2 Å². The first-order valence-corrected chi connectivity index (χ1v) is 8.41. The van der Waals surface area contributed by atoms with Gasteiger partial charge in [0.15, 0.2) is 0 Å². The van der Waals surface area contributed by atoms with Crippen LogP contribution in [-0.2, 0) is 9.47 Å². The minimum atomic E-state index is -0.0157. The van der Waals surface area contributed by atoms with Gasteiger partial charge in [-0.1, -0.05) is 6.07 Å². The molecule has 0 spiro atoms. The molecule has 3 rings (SSSR count). The van der Waals surface area contributed by atoms with E-state index < -0.39 is 0 Å². The van der Waals surface area contributed by atoms with E-state index in [2.05, 4.69) is 26.3 Å². The Morgan fingerprint density at radius 1 is 1.43 bits per heavy atom. The summed E-state index contributed by atoms with van der Waals surface area (Å²) in [6, 6.07) is 6.00. The Bertz CT molecular complexity index is 616. The molecule has 1 atom stereocenters. The van der Waals surface area contributed by atoms with Gasteiger partial charge < -0.3 is 25.4 Å². The molecule has 7 nitrogen and oxygen atoms in total. The molecule has 0 aliphatic carbocycles. The predicted molar refractivity (Wildman–Crippen MR) is 92.0 cm³/mol. The third-order valence-electron chi connectivity index (χ3n) is 3.68. The summed E-state index contributed by atoms with van der Waals surface area (Å²) < 4.78 is 10.9. The first-order chi connectivity index (χ1) is 11.3. The molecule has 0 aromatic carbocycles. The van der Waals surface area contributed by atoms with Gasteiger partial charge in [-0.25, -0.2) is 0 Å². The van der Waals surface area contributed by atoms with Crippen molar-refractivity contribution in [2.45, 2.75) is 6.10 Å². The molecular weight excluding hydrogens is 314 g/mol. The lowest BCUT2D eigenvalue weighted by Crippen LogP contribution is -2.37. The number of nitrogens with zero attached hydrogens (tertiary/aromatic N) is 3. The van der Waals surface area contributed by atoms with Crippen molar-refractivity contribution < 1.29 is 9.47 Å². The topological polar surface area (TPSA) is 85.5 Å². The normalized spacial score (nSPS) is 16.3. The number of rotatable bonds is 6. The van der Waals surface area contributed by atoms with E-state index in [0.29, 0.717) is 25.6 Å². The van der Waals surface area contributed by atoms with Crippen LogP contribution in [0.1, 0.15) is 11.0 Å². The van der Waals surface area contributed by atoms with Gasteiger partial charge in [0, 0.05) is 37.7 Å². The van der Waals surface area contributed by atoms with Crippen LogP contribution in [0.4, 0.5) is 17.6 Å². The fraction of sp³-hybridized carbons (Fsp3) is 0.467. The number of morpholine rings is 1. The Balaban J connectivity index is 1.68. The van der Waals surface area contributed by atoms with Crippen LogP contribution in [0.2, 0.25) is 0 Å². The maximum absolute atomic E-state index is 5.85. The fourth-order valence-electron chi connectivity index (χ4n) is 2.47. The summed E-state index contributed by atoms with van der Waals surface area (Å²) in [6.07, 6.45) is -0.0157. The Morgan fingerprint density at radius 3 is 2.96 bits per heavy atom. The highest BCUT2D eigenvalue weighted by Gasteiger charge is 2.16. The summed E-state index contributed by atoms with van der Waals surface area (Å²) in [5.74, 6) is 1.80. The van der Waals surface area contributed by atoms with Gasteiger partial charge in [-0.05, 0) is 11.4 Å². The van der Waals surface area contributed by atoms with Crippen LogP contribution in [0.5, 0.6) is 0 Å². The van der Waals surface area contributed by atoms with Crippen LogP contribution in [0.25, 0.3) is 0 Å². The molecule has 2 aromatic heterocycles. The highest BCUT2D eigenvalue weighted by atomic mass is 32.1. The number of hydrogen-bond donors (Lipinski definition) is 2. The van der Waals surface area contributed by atoms with E-state index in [1.165, 1.54) is 4.88 Å². The number of aromatic nitrogens is 2. The number of nitrogens with one attached hydrogen (secondary N) is 1. The molecule has 3 N–H and O–H groups in total. The standard InChI is InChI=1S/C15H21N5O2S/c1-21-11(12-3-2-8-23-12)10-17-13-9-14(19-15(16)18-13)20-4-6-22-7-5-20/h2-3,8-9,11H,4-7,10H2,1H3,(H3,16,17,18,19)/t11-/m1/s1. The van der Waals surface area contributed by atoms with Crippen molar-refractivity contribution in [3.8, 4) is 0 Å². The molecule has 23 heavy (non-hydrogen) atoms. The van der Waals surface area contributed by atoms with E-state index in [9.17, 15) is 0 Å². The van der Waals surface area contributed by atoms with Gasteiger partial charge in [0.2, 0.25) is 5.95 Å². The smallest absolute Gasteiger partial charge is 0.223 e. The summed E-state index contributed by atoms with van der Waals surface area (Å²) in [7, 11) is 1.71. The molecule has 0 saturated carbocycles. The average molecular weight is 335 g/mol.